The molecule has 0 saturated carbocycles. The lowest BCUT2D eigenvalue weighted by Crippen LogP contribution is -2.38. The van der Waals surface area contributed by atoms with Crippen LogP contribution in [0.3, 0.4) is 0 Å². The molecule has 2 aromatic carbocycles. The number of carboxylic acids is 1. The van der Waals surface area contributed by atoms with Crippen LogP contribution in [0, 0.1) is 0 Å². The average molecular weight is 397 g/mol. The molecule has 0 unspecified atom stereocenters. The minimum absolute atomic E-state index is 0.0337. The van der Waals surface area contributed by atoms with Gasteiger partial charge in [-0.05, 0) is 74.6 Å². The van der Waals surface area contributed by atoms with Crippen molar-refractivity contribution in [2.24, 2.45) is 0 Å². The topological polar surface area (TPSA) is 76.1 Å². The summed E-state index contributed by atoms with van der Waals surface area (Å²) in [5.74, 6) is 0.617. The Bertz CT molecular complexity index is 867. The highest BCUT2D eigenvalue weighted by atomic mass is 16.5. The number of nitrogens with zero attached hydrogens (tertiary/aromatic N) is 1. The van der Waals surface area contributed by atoms with E-state index in [2.05, 4.69) is 0 Å². The molecule has 0 bridgehead atoms. The van der Waals surface area contributed by atoms with Crippen LogP contribution in [0.4, 0.5) is 0 Å². The van der Waals surface area contributed by atoms with Crippen LogP contribution in [0.15, 0.2) is 48.5 Å². The van der Waals surface area contributed by atoms with Crippen molar-refractivity contribution in [3.05, 3.63) is 59.7 Å². The Morgan fingerprint density at radius 3 is 2.28 bits per heavy atom. The highest BCUT2D eigenvalue weighted by molar-refractivity contribution is 5.94. The monoisotopic (exact) mass is 397 g/mol. The quantitative estimate of drug-likeness (QED) is 0.799. The summed E-state index contributed by atoms with van der Waals surface area (Å²) < 4.78 is 10.8. The molecule has 1 heterocycles. The van der Waals surface area contributed by atoms with Gasteiger partial charge in [0.25, 0.3) is 5.91 Å². The summed E-state index contributed by atoms with van der Waals surface area (Å²) in [7, 11) is 1.60. The van der Waals surface area contributed by atoms with E-state index in [4.69, 9.17) is 9.47 Å². The number of carbonyl (C=O) groups excluding carboxylic acids is 1. The number of hydrogen-bond donors (Lipinski definition) is 1. The number of ether oxygens (including phenoxy) is 2. The van der Waals surface area contributed by atoms with Gasteiger partial charge >= 0.3 is 5.97 Å². The fourth-order valence-corrected chi connectivity index (χ4v) is 3.50. The van der Waals surface area contributed by atoms with Gasteiger partial charge in [0, 0.05) is 18.7 Å². The second-order valence-electron chi connectivity index (χ2n) is 7.78. The van der Waals surface area contributed by atoms with Gasteiger partial charge < -0.3 is 19.5 Å². The van der Waals surface area contributed by atoms with Crippen molar-refractivity contribution < 1.29 is 24.2 Å². The van der Waals surface area contributed by atoms with Crippen molar-refractivity contribution in [2.75, 3.05) is 20.2 Å². The van der Waals surface area contributed by atoms with Crippen molar-refractivity contribution in [1.29, 1.82) is 0 Å². The lowest BCUT2D eigenvalue weighted by atomic mass is 9.89. The van der Waals surface area contributed by atoms with Gasteiger partial charge in [0.2, 0.25) is 0 Å². The summed E-state index contributed by atoms with van der Waals surface area (Å²) in [6.45, 7) is 4.43. The smallest absolute Gasteiger partial charge is 0.347 e. The third-order valence-electron chi connectivity index (χ3n) is 5.34. The molecule has 0 aliphatic carbocycles. The fourth-order valence-electron chi connectivity index (χ4n) is 3.50. The van der Waals surface area contributed by atoms with Gasteiger partial charge in [-0.15, -0.1) is 0 Å². The molecule has 0 atom stereocenters. The Hall–Kier alpha value is -3.02. The van der Waals surface area contributed by atoms with E-state index >= 15 is 0 Å². The zero-order valence-electron chi connectivity index (χ0n) is 17.1. The van der Waals surface area contributed by atoms with E-state index < -0.39 is 11.6 Å². The van der Waals surface area contributed by atoms with E-state index in [1.807, 2.05) is 23.1 Å². The summed E-state index contributed by atoms with van der Waals surface area (Å²) in [5, 5.41) is 9.26. The highest BCUT2D eigenvalue weighted by Gasteiger charge is 2.30. The predicted molar refractivity (Wildman–Crippen MR) is 110 cm³/mol. The Morgan fingerprint density at radius 2 is 1.69 bits per heavy atom. The molecule has 0 spiro atoms. The SMILES string of the molecule is COc1ccc(C(=O)N2CCC(c3cccc(OC(C)(C)C(=O)O)c3)CC2)cc1. The molecule has 2 aromatic rings. The van der Waals surface area contributed by atoms with Crippen LogP contribution < -0.4 is 9.47 Å². The van der Waals surface area contributed by atoms with E-state index in [0.29, 0.717) is 30.3 Å². The Morgan fingerprint density at radius 1 is 1.03 bits per heavy atom. The van der Waals surface area contributed by atoms with Gasteiger partial charge in [0.05, 0.1) is 7.11 Å². The number of benzene rings is 2. The molecule has 29 heavy (non-hydrogen) atoms. The fraction of sp³-hybridized carbons (Fsp3) is 0.391. The summed E-state index contributed by atoms with van der Waals surface area (Å²) in [6.07, 6.45) is 1.71. The Kier molecular flexibility index (Phi) is 6.11. The minimum Gasteiger partial charge on any atom is -0.497 e. The maximum Gasteiger partial charge on any atom is 0.347 e. The molecule has 6 heteroatoms. The largest absolute Gasteiger partial charge is 0.497 e. The summed E-state index contributed by atoms with van der Waals surface area (Å²) in [5.41, 5.74) is 0.489. The number of aliphatic carboxylic acids is 1. The minimum atomic E-state index is -1.28. The van der Waals surface area contributed by atoms with E-state index in [0.717, 1.165) is 24.2 Å². The van der Waals surface area contributed by atoms with E-state index in [-0.39, 0.29) is 5.91 Å². The first kappa shape index (κ1) is 20.7. The average Bonchev–Trinajstić information content (AvgIpc) is 2.73. The molecule has 6 nitrogen and oxygen atoms in total. The number of amides is 1. The molecule has 0 radical (unpaired) electrons. The predicted octanol–water partition coefficient (Wildman–Crippen LogP) is 3.96. The number of likely N-dealkylation sites (tertiary alicyclic amines) is 1. The van der Waals surface area contributed by atoms with Crippen LogP contribution >= 0.6 is 0 Å². The second kappa shape index (κ2) is 8.55. The maximum absolute atomic E-state index is 12.7. The first-order valence-corrected chi connectivity index (χ1v) is 9.76. The van der Waals surface area contributed by atoms with Crippen LogP contribution in [0.1, 0.15) is 48.5 Å². The maximum atomic E-state index is 12.7. The van der Waals surface area contributed by atoms with Gasteiger partial charge in [-0.3, -0.25) is 4.79 Å². The molecule has 1 aliphatic rings. The molecule has 3 rings (SSSR count). The number of hydrogen-bond acceptors (Lipinski definition) is 4. The van der Waals surface area contributed by atoms with E-state index in [1.54, 1.807) is 37.4 Å². The number of methoxy groups -OCH3 is 1. The van der Waals surface area contributed by atoms with Crippen LogP contribution in [0.2, 0.25) is 0 Å². The van der Waals surface area contributed by atoms with Gasteiger partial charge in [0.1, 0.15) is 11.5 Å². The molecular weight excluding hydrogens is 370 g/mol. The first-order chi connectivity index (χ1) is 13.8. The molecule has 0 aromatic heterocycles. The molecule has 1 aliphatic heterocycles. The molecule has 1 amide bonds. The first-order valence-electron chi connectivity index (χ1n) is 9.76. The number of carboxylic acid groups (broad SMARTS) is 1. The van der Waals surface area contributed by atoms with Crippen molar-refractivity contribution in [3.8, 4) is 11.5 Å². The van der Waals surface area contributed by atoms with Gasteiger partial charge in [-0.25, -0.2) is 4.79 Å². The van der Waals surface area contributed by atoms with Crippen LogP contribution in [0.5, 0.6) is 11.5 Å². The van der Waals surface area contributed by atoms with Gasteiger partial charge in [-0.2, -0.15) is 0 Å². The van der Waals surface area contributed by atoms with Gasteiger partial charge in [0.15, 0.2) is 5.60 Å². The second-order valence-corrected chi connectivity index (χ2v) is 7.78. The standard InChI is InChI=1S/C23H27NO5/c1-23(2,22(26)27)29-20-6-4-5-18(15-20)16-11-13-24(14-12-16)21(25)17-7-9-19(28-3)10-8-17/h4-10,15-16H,11-14H2,1-3H3,(H,26,27). The van der Waals surface area contributed by atoms with Crippen molar-refractivity contribution in [3.63, 3.8) is 0 Å². The summed E-state index contributed by atoms with van der Waals surface area (Å²) >= 11 is 0. The highest BCUT2D eigenvalue weighted by Crippen LogP contribution is 2.31. The Balaban J connectivity index is 1.62. The van der Waals surface area contributed by atoms with E-state index in [1.165, 1.54) is 13.8 Å². The molecule has 1 saturated heterocycles. The molecular formula is C23H27NO5. The number of carbonyl (C=O) groups is 2. The number of piperidine rings is 1. The lowest BCUT2D eigenvalue weighted by Gasteiger charge is -2.32. The zero-order chi connectivity index (χ0) is 21.0. The van der Waals surface area contributed by atoms with E-state index in [9.17, 15) is 14.7 Å². The van der Waals surface area contributed by atoms with Crippen molar-refractivity contribution >= 4 is 11.9 Å². The van der Waals surface area contributed by atoms with Crippen molar-refractivity contribution in [1.82, 2.24) is 4.90 Å². The summed E-state index contributed by atoms with van der Waals surface area (Å²) in [4.78, 5) is 25.9. The van der Waals surface area contributed by atoms with Gasteiger partial charge in [-0.1, -0.05) is 12.1 Å². The lowest BCUT2D eigenvalue weighted by molar-refractivity contribution is -0.152. The van der Waals surface area contributed by atoms with Crippen LogP contribution in [0.25, 0.3) is 0 Å². The Labute approximate surface area is 171 Å². The van der Waals surface area contributed by atoms with Crippen LogP contribution in [-0.4, -0.2) is 47.7 Å². The molecule has 1 N–H and O–H groups in total. The third-order valence-corrected chi connectivity index (χ3v) is 5.34. The summed E-state index contributed by atoms with van der Waals surface area (Å²) in [6, 6.07) is 14.8. The van der Waals surface area contributed by atoms with Crippen LogP contribution in [-0.2, 0) is 4.79 Å². The zero-order valence-corrected chi connectivity index (χ0v) is 17.1. The number of rotatable bonds is 6. The molecule has 154 valence electrons. The third kappa shape index (κ3) is 4.88. The van der Waals surface area contributed by atoms with Crippen molar-refractivity contribution in [2.45, 2.75) is 38.2 Å². The molecule has 1 fully saturated rings. The normalized spacial score (nSPS) is 15.1.